The summed E-state index contributed by atoms with van der Waals surface area (Å²) in [4.78, 5) is 2.51. The topological polar surface area (TPSA) is 29.3 Å². The molecule has 0 aliphatic heterocycles. The smallest absolute Gasteiger partial charge is 0.0163 e. The maximum absolute atomic E-state index is 5.41. The van der Waals surface area contributed by atoms with Gasteiger partial charge in [-0.05, 0) is 25.9 Å². The quantitative estimate of drug-likeness (QED) is 0.576. The van der Waals surface area contributed by atoms with Gasteiger partial charge in [0.25, 0.3) is 0 Å². The summed E-state index contributed by atoms with van der Waals surface area (Å²) >= 11 is 0. The van der Waals surface area contributed by atoms with E-state index in [1.165, 1.54) is 38.8 Å². The van der Waals surface area contributed by atoms with Gasteiger partial charge in [0.2, 0.25) is 0 Å². The molecule has 0 atom stereocenters. The zero-order chi connectivity index (χ0) is 10.6. The van der Waals surface area contributed by atoms with Crippen LogP contribution in [0.4, 0.5) is 0 Å². The second-order valence-corrected chi connectivity index (χ2v) is 3.71. The summed E-state index contributed by atoms with van der Waals surface area (Å²) < 4.78 is 0. The number of hydrogen-bond donors (Lipinski definition) is 1. The molecule has 0 aromatic carbocycles. The molecule has 84 valence electrons. The molecule has 0 bridgehead atoms. The molecule has 0 heterocycles. The maximum Gasteiger partial charge on any atom is 0.0163 e. The van der Waals surface area contributed by atoms with Gasteiger partial charge in [0.1, 0.15) is 0 Å². The highest BCUT2D eigenvalue weighted by Crippen LogP contribution is 1.99. The highest BCUT2D eigenvalue weighted by molar-refractivity contribution is 4.85. The van der Waals surface area contributed by atoms with Crippen LogP contribution in [0.5, 0.6) is 0 Å². The molecule has 14 heavy (non-hydrogen) atoms. The third-order valence-corrected chi connectivity index (χ3v) is 2.32. The first kappa shape index (κ1) is 13.7. The Hall–Kier alpha value is -0.340. The summed E-state index contributed by atoms with van der Waals surface area (Å²) in [5, 5.41) is 0. The van der Waals surface area contributed by atoms with Gasteiger partial charge < -0.3 is 5.73 Å². The first-order chi connectivity index (χ1) is 6.85. The van der Waals surface area contributed by atoms with Gasteiger partial charge in [-0.3, -0.25) is 4.90 Å². The van der Waals surface area contributed by atoms with Gasteiger partial charge in [-0.1, -0.05) is 38.8 Å². The molecule has 0 saturated carbocycles. The molecule has 0 aromatic rings. The number of nitrogens with zero attached hydrogens (tertiary/aromatic N) is 1. The predicted octanol–water partition coefficient (Wildman–Crippen LogP) is 2.40. The lowest BCUT2D eigenvalue weighted by Gasteiger charge is -2.19. The van der Waals surface area contributed by atoms with Crippen LogP contribution in [0, 0.1) is 0 Å². The zero-order valence-corrected chi connectivity index (χ0v) is 9.84. The van der Waals surface area contributed by atoms with Crippen LogP contribution in [0.25, 0.3) is 0 Å². The van der Waals surface area contributed by atoms with Crippen molar-refractivity contribution < 1.29 is 0 Å². The Morgan fingerprint density at radius 2 is 1.57 bits per heavy atom. The molecule has 0 aromatic heterocycles. The van der Waals surface area contributed by atoms with Crippen molar-refractivity contribution in [2.75, 3.05) is 26.2 Å². The van der Waals surface area contributed by atoms with Crippen LogP contribution in [-0.2, 0) is 0 Å². The standard InChI is InChI=1S/C12H26N2/c1-3-5-10-14(11-6-4-2)12-8-7-9-13/h7-8H,3-6,9-13H2,1-2H3. The van der Waals surface area contributed by atoms with E-state index in [9.17, 15) is 0 Å². The van der Waals surface area contributed by atoms with Crippen molar-refractivity contribution in [2.45, 2.75) is 39.5 Å². The number of hydrogen-bond acceptors (Lipinski definition) is 2. The minimum atomic E-state index is 0.662. The molecule has 0 saturated heterocycles. The fourth-order valence-electron chi connectivity index (χ4n) is 1.38. The lowest BCUT2D eigenvalue weighted by molar-refractivity contribution is 0.292. The minimum absolute atomic E-state index is 0.662. The third-order valence-electron chi connectivity index (χ3n) is 2.32. The first-order valence-electron chi connectivity index (χ1n) is 5.92. The molecular formula is C12H26N2. The molecule has 2 heteroatoms. The van der Waals surface area contributed by atoms with Gasteiger partial charge in [-0.2, -0.15) is 0 Å². The largest absolute Gasteiger partial charge is 0.327 e. The Kier molecular flexibility index (Phi) is 10.5. The highest BCUT2D eigenvalue weighted by atomic mass is 15.1. The molecule has 0 amide bonds. The van der Waals surface area contributed by atoms with E-state index >= 15 is 0 Å². The van der Waals surface area contributed by atoms with Gasteiger partial charge in [0, 0.05) is 13.1 Å². The summed E-state index contributed by atoms with van der Waals surface area (Å²) in [6.07, 6.45) is 9.41. The van der Waals surface area contributed by atoms with Crippen LogP contribution >= 0.6 is 0 Å². The molecule has 0 aliphatic rings. The van der Waals surface area contributed by atoms with Crippen LogP contribution in [-0.4, -0.2) is 31.1 Å². The zero-order valence-electron chi connectivity index (χ0n) is 9.84. The molecule has 2 N–H and O–H groups in total. The number of nitrogens with two attached hydrogens (primary N) is 1. The SMILES string of the molecule is CCCCN(CC=CCN)CCCC. The van der Waals surface area contributed by atoms with Crippen molar-refractivity contribution in [3.63, 3.8) is 0 Å². The van der Waals surface area contributed by atoms with E-state index in [2.05, 4.69) is 24.8 Å². The van der Waals surface area contributed by atoms with Crippen molar-refractivity contribution in [2.24, 2.45) is 5.73 Å². The Morgan fingerprint density at radius 3 is 2.00 bits per heavy atom. The molecule has 0 radical (unpaired) electrons. The summed E-state index contributed by atoms with van der Waals surface area (Å²) in [7, 11) is 0. The summed E-state index contributed by atoms with van der Waals surface area (Å²) in [6.45, 7) is 8.67. The van der Waals surface area contributed by atoms with Crippen LogP contribution in [0.3, 0.4) is 0 Å². The second kappa shape index (κ2) is 10.7. The van der Waals surface area contributed by atoms with Crippen molar-refractivity contribution in [1.82, 2.24) is 4.90 Å². The average Bonchev–Trinajstić information content (AvgIpc) is 2.21. The lowest BCUT2D eigenvalue weighted by atomic mass is 10.2. The second-order valence-electron chi connectivity index (χ2n) is 3.71. The molecule has 0 spiro atoms. The summed E-state index contributed by atoms with van der Waals surface area (Å²) in [5.41, 5.74) is 5.41. The Balaban J connectivity index is 3.65. The van der Waals surface area contributed by atoms with Crippen molar-refractivity contribution in [3.8, 4) is 0 Å². The van der Waals surface area contributed by atoms with E-state index in [1.807, 2.05) is 6.08 Å². The van der Waals surface area contributed by atoms with E-state index < -0.39 is 0 Å². The van der Waals surface area contributed by atoms with E-state index in [0.717, 1.165) is 6.54 Å². The summed E-state index contributed by atoms with van der Waals surface area (Å²) in [6, 6.07) is 0. The highest BCUT2D eigenvalue weighted by Gasteiger charge is 2.00. The van der Waals surface area contributed by atoms with E-state index in [4.69, 9.17) is 5.73 Å². The predicted molar refractivity (Wildman–Crippen MR) is 64.5 cm³/mol. The molecule has 0 unspecified atom stereocenters. The Bertz CT molecular complexity index is 124. The van der Waals surface area contributed by atoms with Gasteiger partial charge >= 0.3 is 0 Å². The van der Waals surface area contributed by atoms with Crippen LogP contribution in [0.15, 0.2) is 12.2 Å². The van der Waals surface area contributed by atoms with Gasteiger partial charge in [0.05, 0.1) is 0 Å². The minimum Gasteiger partial charge on any atom is -0.327 e. The van der Waals surface area contributed by atoms with Crippen molar-refractivity contribution >= 4 is 0 Å². The normalized spacial score (nSPS) is 11.7. The molecule has 0 aliphatic carbocycles. The lowest BCUT2D eigenvalue weighted by Crippen LogP contribution is -2.26. The molecular weight excluding hydrogens is 172 g/mol. The third kappa shape index (κ3) is 8.27. The van der Waals surface area contributed by atoms with E-state index in [0.29, 0.717) is 6.54 Å². The van der Waals surface area contributed by atoms with Crippen molar-refractivity contribution in [1.29, 1.82) is 0 Å². The van der Waals surface area contributed by atoms with Crippen LogP contribution in [0.1, 0.15) is 39.5 Å². The van der Waals surface area contributed by atoms with E-state index in [-0.39, 0.29) is 0 Å². The number of rotatable bonds is 9. The molecule has 0 rings (SSSR count). The first-order valence-corrected chi connectivity index (χ1v) is 5.92. The monoisotopic (exact) mass is 198 g/mol. The average molecular weight is 198 g/mol. The van der Waals surface area contributed by atoms with Crippen LogP contribution in [0.2, 0.25) is 0 Å². The summed E-state index contributed by atoms with van der Waals surface area (Å²) in [5.74, 6) is 0. The van der Waals surface area contributed by atoms with Gasteiger partial charge in [-0.15, -0.1) is 0 Å². The van der Waals surface area contributed by atoms with Gasteiger partial charge in [0.15, 0.2) is 0 Å². The molecule has 0 fully saturated rings. The number of unbranched alkanes of at least 4 members (excludes halogenated alkanes) is 2. The Morgan fingerprint density at radius 1 is 1.00 bits per heavy atom. The van der Waals surface area contributed by atoms with Crippen LogP contribution < -0.4 is 5.73 Å². The van der Waals surface area contributed by atoms with E-state index in [1.54, 1.807) is 0 Å². The Labute approximate surface area is 89.2 Å². The fourth-order valence-corrected chi connectivity index (χ4v) is 1.38. The van der Waals surface area contributed by atoms with Crippen molar-refractivity contribution in [3.05, 3.63) is 12.2 Å². The molecule has 2 nitrogen and oxygen atoms in total. The maximum atomic E-state index is 5.41. The van der Waals surface area contributed by atoms with Gasteiger partial charge in [-0.25, -0.2) is 0 Å². The fraction of sp³-hybridized carbons (Fsp3) is 0.833.